The first-order chi connectivity index (χ1) is 10.6. The van der Waals surface area contributed by atoms with Crippen LogP contribution >= 0.6 is 15.9 Å². The van der Waals surface area contributed by atoms with Crippen molar-refractivity contribution in [3.8, 4) is 0 Å². The van der Waals surface area contributed by atoms with Gasteiger partial charge in [0.25, 0.3) is 11.8 Å². The van der Waals surface area contributed by atoms with Crippen molar-refractivity contribution in [1.82, 2.24) is 5.32 Å². The molecule has 0 radical (unpaired) electrons. The van der Waals surface area contributed by atoms with E-state index in [1.54, 1.807) is 36.4 Å². The minimum absolute atomic E-state index is 0.169. The molecule has 1 aromatic carbocycles. The van der Waals surface area contributed by atoms with Gasteiger partial charge in [0, 0.05) is 4.47 Å². The van der Waals surface area contributed by atoms with Gasteiger partial charge in [-0.1, -0.05) is 15.9 Å². The van der Waals surface area contributed by atoms with Crippen LogP contribution in [0.3, 0.4) is 0 Å². The lowest BCUT2D eigenvalue weighted by atomic mass is 10.1. The van der Waals surface area contributed by atoms with E-state index in [2.05, 4.69) is 21.2 Å². The van der Waals surface area contributed by atoms with E-state index in [-0.39, 0.29) is 5.57 Å². The smallest absolute Gasteiger partial charge is 0.335 e. The second kappa shape index (κ2) is 5.61. The van der Waals surface area contributed by atoms with Gasteiger partial charge in [0.05, 0.1) is 12.0 Å². The van der Waals surface area contributed by atoms with Gasteiger partial charge in [-0.3, -0.25) is 14.9 Å². The Morgan fingerprint density at radius 1 is 1.09 bits per heavy atom. The molecule has 6 nitrogen and oxygen atoms in total. The predicted molar refractivity (Wildman–Crippen MR) is 81.9 cm³/mol. The Morgan fingerprint density at radius 3 is 2.45 bits per heavy atom. The number of furan rings is 1. The molecule has 1 aliphatic heterocycles. The summed E-state index contributed by atoms with van der Waals surface area (Å²) in [5.41, 5.74) is 0.195. The zero-order valence-electron chi connectivity index (χ0n) is 11.1. The van der Waals surface area contributed by atoms with Crippen LogP contribution in [0, 0.1) is 0 Å². The van der Waals surface area contributed by atoms with Crippen LogP contribution in [-0.4, -0.2) is 17.8 Å². The third-order valence-corrected chi connectivity index (χ3v) is 3.54. The Balaban J connectivity index is 2.01. The second-order valence-corrected chi connectivity index (χ2v) is 5.37. The van der Waals surface area contributed by atoms with Gasteiger partial charge in [0.2, 0.25) is 0 Å². The first-order valence-corrected chi connectivity index (χ1v) is 7.06. The van der Waals surface area contributed by atoms with Crippen molar-refractivity contribution < 1.29 is 18.8 Å². The summed E-state index contributed by atoms with van der Waals surface area (Å²) in [6.07, 6.45) is 2.73. The van der Waals surface area contributed by atoms with E-state index in [0.29, 0.717) is 11.4 Å². The molecule has 1 N–H and O–H groups in total. The molecule has 0 spiro atoms. The maximum Gasteiger partial charge on any atom is 0.335 e. The van der Waals surface area contributed by atoms with Crippen LogP contribution in [-0.2, 0) is 9.59 Å². The average molecular weight is 361 g/mol. The van der Waals surface area contributed by atoms with Gasteiger partial charge < -0.3 is 4.42 Å². The molecule has 1 fully saturated rings. The van der Waals surface area contributed by atoms with Gasteiger partial charge >= 0.3 is 6.03 Å². The lowest BCUT2D eigenvalue weighted by molar-refractivity contribution is -0.122. The van der Waals surface area contributed by atoms with Crippen molar-refractivity contribution in [2.45, 2.75) is 0 Å². The van der Waals surface area contributed by atoms with Crippen molar-refractivity contribution >= 4 is 45.5 Å². The Hall–Kier alpha value is -2.67. The second-order valence-electron chi connectivity index (χ2n) is 4.45. The fraction of sp³-hybridized carbons (Fsp3) is 0. The molecule has 22 heavy (non-hydrogen) atoms. The Kier molecular flexibility index (Phi) is 3.64. The molecule has 0 bridgehead atoms. The summed E-state index contributed by atoms with van der Waals surface area (Å²) < 4.78 is 5.91. The molecule has 7 heteroatoms. The molecule has 110 valence electrons. The zero-order valence-corrected chi connectivity index (χ0v) is 12.7. The molecule has 3 rings (SSSR count). The van der Waals surface area contributed by atoms with E-state index in [9.17, 15) is 14.4 Å². The third kappa shape index (κ3) is 2.58. The van der Waals surface area contributed by atoms with Gasteiger partial charge in [0.1, 0.15) is 11.3 Å². The van der Waals surface area contributed by atoms with Gasteiger partial charge in [0.15, 0.2) is 0 Å². The highest BCUT2D eigenvalue weighted by atomic mass is 79.9. The molecule has 1 saturated heterocycles. The number of halogens is 1. The maximum atomic E-state index is 12.5. The summed E-state index contributed by atoms with van der Waals surface area (Å²) in [6.45, 7) is 0. The lowest BCUT2D eigenvalue weighted by Gasteiger charge is -2.26. The van der Waals surface area contributed by atoms with E-state index >= 15 is 0 Å². The van der Waals surface area contributed by atoms with Gasteiger partial charge in [-0.25, -0.2) is 9.69 Å². The number of rotatable bonds is 2. The number of carbonyl (C=O) groups excluding carboxylic acids is 3. The number of nitrogens with one attached hydrogen (secondary N) is 1. The molecule has 0 saturated carbocycles. The van der Waals surface area contributed by atoms with Gasteiger partial charge in [-0.15, -0.1) is 0 Å². The molecule has 2 aromatic rings. The molecule has 4 amide bonds. The molecule has 1 aromatic heterocycles. The van der Waals surface area contributed by atoms with Crippen LogP contribution in [0.25, 0.3) is 6.08 Å². The van der Waals surface area contributed by atoms with Crippen molar-refractivity contribution in [2.75, 3.05) is 4.90 Å². The quantitative estimate of drug-likeness (QED) is 0.659. The Bertz CT molecular complexity index is 778. The number of urea groups is 1. The van der Waals surface area contributed by atoms with E-state index in [1.807, 2.05) is 0 Å². The fourth-order valence-electron chi connectivity index (χ4n) is 2.00. The average Bonchev–Trinajstić information content (AvgIpc) is 2.98. The van der Waals surface area contributed by atoms with Crippen molar-refractivity contribution in [3.63, 3.8) is 0 Å². The van der Waals surface area contributed by atoms with Crippen LogP contribution in [0.15, 0.2) is 57.1 Å². The van der Waals surface area contributed by atoms with Crippen LogP contribution in [0.4, 0.5) is 10.5 Å². The number of hydrogen-bond acceptors (Lipinski definition) is 4. The Morgan fingerprint density at radius 2 is 1.82 bits per heavy atom. The minimum atomic E-state index is -0.783. The number of barbiturate groups is 1. The van der Waals surface area contributed by atoms with Crippen molar-refractivity contribution in [3.05, 3.63) is 58.5 Å². The molecular formula is C15H9BrN2O4. The highest BCUT2D eigenvalue weighted by Gasteiger charge is 2.36. The van der Waals surface area contributed by atoms with Crippen LogP contribution < -0.4 is 10.2 Å². The summed E-state index contributed by atoms with van der Waals surface area (Å²) in [5.74, 6) is -1.10. The monoisotopic (exact) mass is 360 g/mol. The minimum Gasteiger partial charge on any atom is -0.465 e. The van der Waals surface area contributed by atoms with Gasteiger partial charge in [-0.05, 0) is 42.5 Å². The maximum absolute atomic E-state index is 12.5. The molecule has 1 aliphatic rings. The lowest BCUT2D eigenvalue weighted by Crippen LogP contribution is -2.54. The number of amides is 4. The number of anilines is 1. The summed E-state index contributed by atoms with van der Waals surface area (Å²) in [7, 11) is 0. The number of imide groups is 2. The fourth-order valence-corrected chi connectivity index (χ4v) is 2.26. The summed E-state index contributed by atoms with van der Waals surface area (Å²) in [5, 5.41) is 2.14. The molecule has 0 aliphatic carbocycles. The number of nitrogens with zero attached hydrogens (tertiary/aromatic N) is 1. The standard InChI is InChI=1S/C15H9BrN2O4/c16-9-3-5-10(6-4-9)18-14(20)12(13(19)17-15(18)21)8-11-2-1-7-22-11/h1-8H,(H,17,19,21). The number of benzene rings is 1. The van der Waals surface area contributed by atoms with E-state index in [0.717, 1.165) is 9.37 Å². The van der Waals surface area contributed by atoms with Crippen LogP contribution in [0.5, 0.6) is 0 Å². The molecule has 0 atom stereocenters. The summed E-state index contributed by atoms with van der Waals surface area (Å²) in [4.78, 5) is 37.2. The summed E-state index contributed by atoms with van der Waals surface area (Å²) in [6, 6.07) is 9.05. The van der Waals surface area contributed by atoms with Crippen LogP contribution in [0.1, 0.15) is 5.76 Å². The SMILES string of the molecule is O=C1NC(=O)N(c2ccc(Br)cc2)C(=O)C1=Cc1ccco1. The first-order valence-electron chi connectivity index (χ1n) is 6.27. The topological polar surface area (TPSA) is 79.6 Å². The van der Waals surface area contributed by atoms with Crippen molar-refractivity contribution in [1.29, 1.82) is 0 Å². The van der Waals surface area contributed by atoms with E-state index < -0.39 is 17.8 Å². The van der Waals surface area contributed by atoms with Gasteiger partial charge in [-0.2, -0.15) is 0 Å². The number of carbonyl (C=O) groups is 3. The zero-order chi connectivity index (χ0) is 15.7. The highest BCUT2D eigenvalue weighted by Crippen LogP contribution is 2.23. The highest BCUT2D eigenvalue weighted by molar-refractivity contribution is 9.10. The predicted octanol–water partition coefficient (Wildman–Crippen LogP) is 2.71. The number of hydrogen-bond donors (Lipinski definition) is 1. The largest absolute Gasteiger partial charge is 0.465 e. The molecular weight excluding hydrogens is 352 g/mol. The van der Waals surface area contributed by atoms with E-state index in [1.165, 1.54) is 12.3 Å². The summed E-state index contributed by atoms with van der Waals surface area (Å²) >= 11 is 3.28. The normalized spacial score (nSPS) is 17.0. The van der Waals surface area contributed by atoms with Crippen LogP contribution in [0.2, 0.25) is 0 Å². The van der Waals surface area contributed by atoms with E-state index in [4.69, 9.17) is 4.42 Å². The first kappa shape index (κ1) is 14.3. The van der Waals surface area contributed by atoms with Crippen molar-refractivity contribution in [2.24, 2.45) is 0 Å². The molecule has 2 heterocycles. The molecule has 0 unspecified atom stereocenters. The Labute approximate surface area is 133 Å². The third-order valence-electron chi connectivity index (χ3n) is 3.02.